The molecular weight excluding hydrogens is 252 g/mol. The van der Waals surface area contributed by atoms with Gasteiger partial charge in [0.25, 0.3) is 5.95 Å². The van der Waals surface area contributed by atoms with Crippen molar-refractivity contribution in [3.8, 4) is 0 Å². The van der Waals surface area contributed by atoms with Crippen LogP contribution in [0.4, 0.5) is 5.95 Å². The van der Waals surface area contributed by atoms with Crippen LogP contribution in [-0.4, -0.2) is 25.5 Å². The summed E-state index contributed by atoms with van der Waals surface area (Å²) in [4.78, 5) is 4.49. The minimum Gasteiger partial charge on any atom is -0.327 e. The molecule has 0 radical (unpaired) electrons. The van der Waals surface area contributed by atoms with Crippen molar-refractivity contribution in [2.24, 2.45) is 12.1 Å². The highest BCUT2D eigenvalue weighted by molar-refractivity contribution is 6.04. The molecule has 0 spiro atoms. The Morgan fingerprint density at radius 1 is 1.30 bits per heavy atom. The fraction of sp³-hybridized carbons (Fsp3) is 0.286. The highest BCUT2D eigenvalue weighted by Crippen LogP contribution is 2.24. The minimum atomic E-state index is 0.413. The number of hydrogen-bond acceptors (Lipinski definition) is 5. The van der Waals surface area contributed by atoms with Crippen LogP contribution in [0.3, 0.4) is 0 Å². The van der Waals surface area contributed by atoms with Gasteiger partial charge in [0.1, 0.15) is 5.52 Å². The van der Waals surface area contributed by atoms with Gasteiger partial charge in [0.2, 0.25) is 0 Å². The Bertz CT molecular complexity index is 802. The second-order valence-electron chi connectivity index (χ2n) is 4.70. The van der Waals surface area contributed by atoms with Crippen molar-refractivity contribution in [2.45, 2.75) is 20.3 Å². The van der Waals surface area contributed by atoms with E-state index in [1.165, 1.54) is 0 Å². The highest BCUT2D eigenvalue weighted by atomic mass is 15.4. The topological polar surface area (TPSA) is 68.0 Å². The average molecular weight is 268 g/mol. The van der Waals surface area contributed by atoms with E-state index in [9.17, 15) is 0 Å². The first-order valence-corrected chi connectivity index (χ1v) is 6.57. The van der Waals surface area contributed by atoms with Gasteiger partial charge in [-0.1, -0.05) is 25.1 Å². The SMILES string of the molecule is CC/C(C)=N/Nc1nnc2c3ccccc3n(C)c2n1. The molecule has 0 atom stereocenters. The molecule has 0 saturated carbocycles. The average Bonchev–Trinajstić information content (AvgIpc) is 2.78. The lowest BCUT2D eigenvalue weighted by Gasteiger charge is -2.00. The van der Waals surface area contributed by atoms with E-state index in [1.54, 1.807) is 0 Å². The van der Waals surface area contributed by atoms with Crippen molar-refractivity contribution in [3.05, 3.63) is 24.3 Å². The van der Waals surface area contributed by atoms with Gasteiger partial charge in [-0.05, 0) is 19.4 Å². The van der Waals surface area contributed by atoms with Crippen LogP contribution in [0.5, 0.6) is 0 Å². The van der Waals surface area contributed by atoms with E-state index in [0.717, 1.165) is 34.2 Å². The van der Waals surface area contributed by atoms with Crippen LogP contribution >= 0.6 is 0 Å². The number of benzene rings is 1. The molecule has 6 heteroatoms. The van der Waals surface area contributed by atoms with Gasteiger partial charge in [-0.3, -0.25) is 0 Å². The van der Waals surface area contributed by atoms with E-state index in [-0.39, 0.29) is 0 Å². The van der Waals surface area contributed by atoms with Crippen LogP contribution in [0.15, 0.2) is 29.4 Å². The van der Waals surface area contributed by atoms with Crippen molar-refractivity contribution >= 4 is 33.7 Å². The number of hydrazone groups is 1. The van der Waals surface area contributed by atoms with Crippen molar-refractivity contribution in [3.63, 3.8) is 0 Å². The van der Waals surface area contributed by atoms with E-state index in [0.29, 0.717) is 5.95 Å². The van der Waals surface area contributed by atoms with E-state index in [2.05, 4.69) is 25.7 Å². The molecule has 2 aromatic heterocycles. The summed E-state index contributed by atoms with van der Waals surface area (Å²) in [5, 5.41) is 13.6. The van der Waals surface area contributed by atoms with Crippen LogP contribution in [-0.2, 0) is 7.05 Å². The summed E-state index contributed by atoms with van der Waals surface area (Å²) in [5.74, 6) is 0.413. The van der Waals surface area contributed by atoms with Gasteiger partial charge in [-0.15, -0.1) is 10.2 Å². The van der Waals surface area contributed by atoms with Gasteiger partial charge in [0, 0.05) is 18.1 Å². The maximum absolute atomic E-state index is 4.49. The first-order valence-electron chi connectivity index (χ1n) is 6.57. The Morgan fingerprint density at radius 3 is 2.90 bits per heavy atom. The Morgan fingerprint density at radius 2 is 2.10 bits per heavy atom. The molecule has 3 rings (SSSR count). The summed E-state index contributed by atoms with van der Waals surface area (Å²) in [6.07, 6.45) is 0.886. The normalized spacial score (nSPS) is 12.2. The predicted octanol–water partition coefficient (Wildman–Crippen LogP) is 2.71. The number of para-hydroxylation sites is 1. The molecule has 0 saturated heterocycles. The third-order valence-corrected chi connectivity index (χ3v) is 3.36. The molecule has 1 aromatic carbocycles. The third-order valence-electron chi connectivity index (χ3n) is 3.36. The quantitative estimate of drug-likeness (QED) is 0.586. The fourth-order valence-electron chi connectivity index (χ4n) is 2.08. The van der Waals surface area contributed by atoms with Gasteiger partial charge in [0.15, 0.2) is 5.65 Å². The summed E-state index contributed by atoms with van der Waals surface area (Å²) < 4.78 is 2.01. The summed E-state index contributed by atoms with van der Waals surface area (Å²) in [6, 6.07) is 8.07. The van der Waals surface area contributed by atoms with E-state index >= 15 is 0 Å². The molecule has 0 aliphatic carbocycles. The predicted molar refractivity (Wildman–Crippen MR) is 80.8 cm³/mol. The first-order chi connectivity index (χ1) is 9.70. The number of fused-ring (bicyclic) bond motifs is 3. The molecule has 6 nitrogen and oxygen atoms in total. The lowest BCUT2D eigenvalue weighted by molar-refractivity contribution is 0.948. The number of hydrogen-bond donors (Lipinski definition) is 1. The molecule has 2 heterocycles. The van der Waals surface area contributed by atoms with Crippen LogP contribution in [0.25, 0.3) is 22.1 Å². The Balaban J connectivity index is 2.12. The minimum absolute atomic E-state index is 0.413. The molecule has 20 heavy (non-hydrogen) atoms. The van der Waals surface area contributed by atoms with Crippen LogP contribution in [0.2, 0.25) is 0 Å². The number of aromatic nitrogens is 4. The second kappa shape index (κ2) is 4.88. The fourth-order valence-corrected chi connectivity index (χ4v) is 2.08. The van der Waals surface area contributed by atoms with Gasteiger partial charge >= 0.3 is 0 Å². The van der Waals surface area contributed by atoms with Crippen LogP contribution < -0.4 is 5.43 Å². The molecule has 0 aliphatic heterocycles. The second-order valence-corrected chi connectivity index (χ2v) is 4.70. The molecule has 0 bridgehead atoms. The number of nitrogens with zero attached hydrogens (tertiary/aromatic N) is 5. The number of rotatable bonds is 3. The summed E-state index contributed by atoms with van der Waals surface area (Å²) in [6.45, 7) is 4.00. The van der Waals surface area contributed by atoms with Gasteiger partial charge in [-0.2, -0.15) is 10.1 Å². The monoisotopic (exact) mass is 268 g/mol. The molecule has 3 aromatic rings. The molecular formula is C14H16N6. The van der Waals surface area contributed by atoms with E-state index in [4.69, 9.17) is 0 Å². The Hall–Kier alpha value is -2.50. The zero-order valence-corrected chi connectivity index (χ0v) is 11.8. The summed E-state index contributed by atoms with van der Waals surface area (Å²) in [7, 11) is 1.98. The number of aryl methyl sites for hydroxylation is 1. The van der Waals surface area contributed by atoms with Gasteiger partial charge < -0.3 is 4.57 Å². The van der Waals surface area contributed by atoms with Gasteiger partial charge in [-0.25, -0.2) is 5.43 Å². The van der Waals surface area contributed by atoms with Crippen molar-refractivity contribution in [1.82, 2.24) is 19.7 Å². The molecule has 0 amide bonds. The molecule has 1 N–H and O–H groups in total. The van der Waals surface area contributed by atoms with Gasteiger partial charge in [0.05, 0.1) is 5.52 Å². The Kier molecular flexibility index (Phi) is 3.06. The van der Waals surface area contributed by atoms with Crippen molar-refractivity contribution < 1.29 is 0 Å². The van der Waals surface area contributed by atoms with E-state index in [1.807, 2.05) is 49.7 Å². The molecule has 0 unspecified atom stereocenters. The standard InChI is InChI=1S/C14H16N6/c1-4-9(2)16-18-14-15-13-12(17-19-14)10-7-5-6-8-11(10)20(13)3/h5-8H,4H2,1-3H3,(H,15,18,19)/b16-9+. The smallest absolute Gasteiger partial charge is 0.265 e. The summed E-state index contributed by atoms with van der Waals surface area (Å²) >= 11 is 0. The maximum atomic E-state index is 4.49. The number of nitrogens with one attached hydrogen (secondary N) is 1. The summed E-state index contributed by atoms with van der Waals surface area (Å²) in [5.41, 5.74) is 6.54. The van der Waals surface area contributed by atoms with E-state index < -0.39 is 0 Å². The lowest BCUT2D eigenvalue weighted by Crippen LogP contribution is -2.02. The maximum Gasteiger partial charge on any atom is 0.265 e. The lowest BCUT2D eigenvalue weighted by atomic mass is 10.2. The number of anilines is 1. The van der Waals surface area contributed by atoms with Crippen LogP contribution in [0.1, 0.15) is 20.3 Å². The molecule has 0 aliphatic rings. The zero-order chi connectivity index (χ0) is 14.1. The van der Waals surface area contributed by atoms with Crippen molar-refractivity contribution in [1.29, 1.82) is 0 Å². The third kappa shape index (κ3) is 1.99. The van der Waals surface area contributed by atoms with Crippen molar-refractivity contribution in [2.75, 3.05) is 5.43 Å². The van der Waals surface area contributed by atoms with Crippen LogP contribution in [0, 0.1) is 0 Å². The molecule has 0 fully saturated rings. The largest absolute Gasteiger partial charge is 0.327 e. The molecule has 102 valence electrons. The highest BCUT2D eigenvalue weighted by Gasteiger charge is 2.11. The first kappa shape index (κ1) is 12.5. The zero-order valence-electron chi connectivity index (χ0n) is 11.8. The Labute approximate surface area is 116 Å².